The van der Waals surface area contributed by atoms with E-state index in [0.29, 0.717) is 0 Å². The quantitative estimate of drug-likeness (QED) is 0.637. The van der Waals surface area contributed by atoms with E-state index in [1.807, 2.05) is 60.7 Å². The SMILES string of the molecule is [2H]C([2H])([2H])N(CC(C)(C)Cl)C([2H])([2H])CC(c1ccccc1)c1ccccc1. The Morgan fingerprint density at radius 2 is 1.55 bits per heavy atom. The molecule has 1 nitrogen and oxygen atoms in total. The van der Waals surface area contributed by atoms with E-state index in [4.69, 9.17) is 18.5 Å². The van der Waals surface area contributed by atoms with Crippen molar-refractivity contribution in [3.8, 4) is 0 Å². The van der Waals surface area contributed by atoms with E-state index >= 15 is 0 Å². The average molecular weight is 321 g/mol. The molecule has 0 fully saturated rings. The summed E-state index contributed by atoms with van der Waals surface area (Å²) in [6.45, 7) is -1.37. The van der Waals surface area contributed by atoms with Gasteiger partial charge in [0.1, 0.15) is 0 Å². The Bertz CT molecular complexity index is 671. The lowest BCUT2D eigenvalue weighted by atomic mass is 9.88. The van der Waals surface area contributed by atoms with Crippen molar-refractivity contribution in [1.29, 1.82) is 0 Å². The molecule has 2 heteroatoms. The molecule has 22 heavy (non-hydrogen) atoms. The van der Waals surface area contributed by atoms with Crippen LogP contribution in [0.15, 0.2) is 60.7 Å². The predicted octanol–water partition coefficient (Wildman–Crippen LogP) is 5.16. The third-order valence-corrected chi connectivity index (χ3v) is 3.54. The third-order valence-electron chi connectivity index (χ3n) is 3.42. The number of rotatable bonds is 7. The summed E-state index contributed by atoms with van der Waals surface area (Å²) in [5.41, 5.74) is 1.89. The zero-order valence-corrected chi connectivity index (χ0v) is 13.8. The maximum atomic E-state index is 8.62. The van der Waals surface area contributed by atoms with Crippen molar-refractivity contribution in [3.05, 3.63) is 71.8 Å². The van der Waals surface area contributed by atoms with Crippen molar-refractivity contribution in [3.63, 3.8) is 0 Å². The number of alkyl halides is 1. The fourth-order valence-electron chi connectivity index (χ4n) is 2.43. The van der Waals surface area contributed by atoms with Crippen LogP contribution in [-0.4, -0.2) is 29.8 Å². The molecule has 0 radical (unpaired) electrons. The van der Waals surface area contributed by atoms with Crippen LogP contribution in [0, 0.1) is 0 Å². The lowest BCUT2D eigenvalue weighted by Gasteiger charge is -2.27. The molecule has 0 aliphatic rings. The Morgan fingerprint density at radius 3 is 1.95 bits per heavy atom. The maximum Gasteiger partial charge on any atom is 0.0517 e. The minimum absolute atomic E-state index is 0.00633. The van der Waals surface area contributed by atoms with Crippen LogP contribution in [0.4, 0.5) is 0 Å². The fraction of sp³-hybridized carbons (Fsp3) is 0.400. The first-order valence-corrected chi connectivity index (χ1v) is 7.84. The number of halogens is 1. The Hall–Kier alpha value is -1.31. The molecule has 0 aromatic heterocycles. The van der Waals surface area contributed by atoms with E-state index in [1.54, 1.807) is 13.8 Å². The van der Waals surface area contributed by atoms with E-state index in [-0.39, 0.29) is 18.9 Å². The van der Waals surface area contributed by atoms with Gasteiger partial charge in [0.05, 0.1) is 4.87 Å². The normalized spacial score (nSPS) is 16.7. The van der Waals surface area contributed by atoms with E-state index in [2.05, 4.69) is 0 Å². The lowest BCUT2D eigenvalue weighted by Crippen LogP contribution is -2.33. The summed E-state index contributed by atoms with van der Waals surface area (Å²) < 4.78 is 40.8. The van der Waals surface area contributed by atoms with Gasteiger partial charge in [-0.25, -0.2) is 0 Å². The van der Waals surface area contributed by atoms with Gasteiger partial charge in [-0.3, -0.25) is 0 Å². The maximum absolute atomic E-state index is 8.62. The third kappa shape index (κ3) is 5.47. The molecule has 0 aliphatic carbocycles. The summed E-state index contributed by atoms with van der Waals surface area (Å²) >= 11 is 6.25. The number of hydrogen-bond acceptors (Lipinski definition) is 1. The highest BCUT2D eigenvalue weighted by atomic mass is 35.5. The highest BCUT2D eigenvalue weighted by Gasteiger charge is 2.18. The molecule has 0 spiro atoms. The fourth-order valence-corrected chi connectivity index (χ4v) is 2.55. The van der Waals surface area contributed by atoms with Crippen LogP contribution >= 0.6 is 11.6 Å². The molecule has 0 N–H and O–H groups in total. The van der Waals surface area contributed by atoms with Gasteiger partial charge in [0.15, 0.2) is 0 Å². The standard InChI is InChI=1S/C20H26ClN/c1-20(2,21)16-22(3)15-14-19(17-10-6-4-7-11-17)18-12-8-5-9-13-18/h4-13,19H,14-16H2,1-3H3/i3D3,15D2. The Balaban J connectivity index is 2.42. The summed E-state index contributed by atoms with van der Waals surface area (Å²) in [7, 11) is 0. The minimum atomic E-state index is -2.59. The predicted molar refractivity (Wildman–Crippen MR) is 96.8 cm³/mol. The van der Waals surface area contributed by atoms with Crippen LogP contribution in [0.2, 0.25) is 0 Å². The second kappa shape index (κ2) is 7.80. The Labute approximate surface area is 146 Å². The number of benzene rings is 2. The summed E-state index contributed by atoms with van der Waals surface area (Å²) in [5, 5.41) is 0. The molecule has 0 aliphatic heterocycles. The highest BCUT2D eigenvalue weighted by molar-refractivity contribution is 6.23. The van der Waals surface area contributed by atoms with Crippen molar-refractivity contribution in [2.24, 2.45) is 0 Å². The van der Waals surface area contributed by atoms with E-state index in [1.165, 1.54) is 0 Å². The van der Waals surface area contributed by atoms with Crippen LogP contribution < -0.4 is 0 Å². The molecule has 118 valence electrons. The van der Waals surface area contributed by atoms with Crippen LogP contribution in [0.1, 0.15) is 44.2 Å². The van der Waals surface area contributed by atoms with Crippen LogP contribution in [0.3, 0.4) is 0 Å². The van der Waals surface area contributed by atoms with Gasteiger partial charge in [-0.1, -0.05) is 60.7 Å². The van der Waals surface area contributed by atoms with Crippen LogP contribution in [-0.2, 0) is 0 Å². The van der Waals surface area contributed by atoms with Crippen molar-refractivity contribution in [2.45, 2.75) is 31.1 Å². The molecule has 0 saturated heterocycles. The van der Waals surface area contributed by atoms with Gasteiger partial charge in [-0.2, -0.15) is 0 Å². The first kappa shape index (κ1) is 11.3. The first-order valence-electron chi connectivity index (χ1n) is 9.97. The lowest BCUT2D eigenvalue weighted by molar-refractivity contribution is 0.298. The molecule has 0 heterocycles. The van der Waals surface area contributed by atoms with E-state index in [0.717, 1.165) is 16.0 Å². The van der Waals surface area contributed by atoms with Gasteiger partial charge >= 0.3 is 0 Å². The highest BCUT2D eigenvalue weighted by Crippen LogP contribution is 2.28. The van der Waals surface area contributed by atoms with Gasteiger partial charge < -0.3 is 4.90 Å². The van der Waals surface area contributed by atoms with Crippen molar-refractivity contribution in [2.75, 3.05) is 20.0 Å². The topological polar surface area (TPSA) is 3.24 Å². The molecule has 0 saturated carbocycles. The summed E-state index contributed by atoms with van der Waals surface area (Å²) in [6.07, 6.45) is 0.00633. The first-order chi connectivity index (χ1) is 12.4. The summed E-state index contributed by atoms with van der Waals surface area (Å²) in [4.78, 5) is 0.0443. The molecule has 2 aromatic rings. The average Bonchev–Trinajstić information content (AvgIpc) is 2.57. The molecule has 0 amide bonds. The summed E-state index contributed by atoms with van der Waals surface area (Å²) in [5.74, 6) is -0.273. The number of nitrogens with zero attached hydrogens (tertiary/aromatic N) is 1. The van der Waals surface area contributed by atoms with Gasteiger partial charge in [0.2, 0.25) is 0 Å². The van der Waals surface area contributed by atoms with Gasteiger partial charge in [-0.15, -0.1) is 11.6 Å². The van der Waals surface area contributed by atoms with Crippen molar-refractivity contribution < 1.29 is 6.85 Å². The Kier molecular flexibility index (Phi) is 3.99. The van der Waals surface area contributed by atoms with E-state index < -0.39 is 18.3 Å². The molecule has 0 bridgehead atoms. The van der Waals surface area contributed by atoms with Gasteiger partial charge in [-0.05, 0) is 44.9 Å². The minimum Gasteiger partial charge on any atom is -0.305 e. The van der Waals surface area contributed by atoms with E-state index in [9.17, 15) is 0 Å². The second-order valence-corrected chi connectivity index (χ2v) is 7.06. The van der Waals surface area contributed by atoms with Crippen molar-refractivity contribution >= 4 is 11.6 Å². The smallest absolute Gasteiger partial charge is 0.0517 e. The molecule has 0 unspecified atom stereocenters. The molecule has 2 rings (SSSR count). The second-order valence-electron chi connectivity index (χ2n) is 6.04. The molecule has 0 atom stereocenters. The van der Waals surface area contributed by atoms with Crippen molar-refractivity contribution in [1.82, 2.24) is 4.90 Å². The van der Waals surface area contributed by atoms with Crippen LogP contribution in [0.25, 0.3) is 0 Å². The molecule has 2 aromatic carbocycles. The monoisotopic (exact) mass is 320 g/mol. The molecular formula is C20H26ClN. The molecular weight excluding hydrogens is 290 g/mol. The number of hydrogen-bond donors (Lipinski definition) is 0. The zero-order chi connectivity index (χ0) is 20.3. The van der Waals surface area contributed by atoms with Gasteiger partial charge in [0.25, 0.3) is 0 Å². The Morgan fingerprint density at radius 1 is 1.05 bits per heavy atom. The zero-order valence-electron chi connectivity index (χ0n) is 18.1. The largest absolute Gasteiger partial charge is 0.305 e. The van der Waals surface area contributed by atoms with Gasteiger partial charge in [0, 0.05) is 19.3 Å². The van der Waals surface area contributed by atoms with Crippen LogP contribution in [0.5, 0.6) is 0 Å². The summed E-state index contributed by atoms with van der Waals surface area (Å²) in [6, 6.07) is 19.2.